The Morgan fingerprint density at radius 3 is 2.86 bits per heavy atom. The average Bonchev–Trinajstić information content (AvgIpc) is 3.15. The maximum atomic E-state index is 12.4. The molecule has 0 saturated carbocycles. The Morgan fingerprint density at radius 1 is 1.25 bits per heavy atom. The molecule has 0 radical (unpaired) electrons. The number of aromatic nitrogens is 1. The van der Waals surface area contributed by atoms with Crippen LogP contribution in [0.2, 0.25) is 5.02 Å². The fourth-order valence-corrected chi connectivity index (χ4v) is 6.90. The molecule has 7 nitrogen and oxygen atoms in total. The lowest BCUT2D eigenvalue weighted by Gasteiger charge is -2.11. The zero-order valence-corrected chi connectivity index (χ0v) is 17.0. The second kappa shape index (κ2) is 7.73. The van der Waals surface area contributed by atoms with E-state index in [1.165, 1.54) is 11.8 Å². The van der Waals surface area contributed by atoms with Gasteiger partial charge >= 0.3 is 0 Å². The molecule has 4 rings (SSSR count). The van der Waals surface area contributed by atoms with Gasteiger partial charge in [-0.25, -0.2) is 8.42 Å². The molecule has 2 N–H and O–H groups in total. The van der Waals surface area contributed by atoms with Crippen LogP contribution < -0.4 is 10.6 Å². The molecule has 3 heterocycles. The van der Waals surface area contributed by atoms with Gasteiger partial charge in [-0.3, -0.25) is 14.8 Å². The summed E-state index contributed by atoms with van der Waals surface area (Å²) in [5, 5.41) is 6.97. The number of benzene rings is 1. The minimum absolute atomic E-state index is 0.0591. The first-order valence-electron chi connectivity index (χ1n) is 8.59. The zero-order valence-electron chi connectivity index (χ0n) is 14.6. The van der Waals surface area contributed by atoms with Crippen molar-refractivity contribution in [2.45, 2.75) is 17.8 Å². The highest BCUT2D eigenvalue weighted by Crippen LogP contribution is 2.35. The van der Waals surface area contributed by atoms with Crippen molar-refractivity contribution in [3.8, 4) is 0 Å². The summed E-state index contributed by atoms with van der Waals surface area (Å²) in [5.74, 6) is -0.0189. The fraction of sp³-hybridized carbons (Fsp3) is 0.278. The Morgan fingerprint density at radius 2 is 2.11 bits per heavy atom. The Hall–Kier alpha value is -2.10. The van der Waals surface area contributed by atoms with Gasteiger partial charge in [0.1, 0.15) is 0 Å². The number of nitrogens with zero attached hydrogens (tertiary/aromatic N) is 2. The van der Waals surface area contributed by atoms with Crippen molar-refractivity contribution >= 4 is 50.0 Å². The molecule has 146 valence electrons. The summed E-state index contributed by atoms with van der Waals surface area (Å²) in [4.78, 5) is 21.1. The Balaban J connectivity index is 1.43. The normalized spacial score (nSPS) is 22.4. The van der Waals surface area contributed by atoms with E-state index < -0.39 is 9.84 Å². The number of halogens is 1. The van der Waals surface area contributed by atoms with E-state index in [1.807, 2.05) is 18.2 Å². The molecule has 1 aromatic heterocycles. The van der Waals surface area contributed by atoms with Gasteiger partial charge in [0, 0.05) is 17.0 Å². The molecule has 2 aliphatic heterocycles. The smallest absolute Gasteiger partial charge is 0.251 e. The van der Waals surface area contributed by atoms with E-state index in [0.29, 0.717) is 28.0 Å². The molecular weight excluding hydrogens is 420 g/mol. The van der Waals surface area contributed by atoms with Gasteiger partial charge in [-0.05, 0) is 30.3 Å². The number of rotatable bonds is 4. The first-order valence-corrected chi connectivity index (χ1v) is 11.7. The number of hydrogen-bond donors (Lipinski definition) is 2. The molecule has 2 aromatic rings. The monoisotopic (exact) mass is 436 g/mol. The first kappa shape index (κ1) is 19.2. The Labute approximate surface area is 171 Å². The SMILES string of the molecule is O=C(NCc1ccccn1)c1ccc(Cl)c(NC2=N[C@@H]3CS(=O)(=O)C[C@H]3S2)c1. The predicted molar refractivity (Wildman–Crippen MR) is 112 cm³/mol. The summed E-state index contributed by atoms with van der Waals surface area (Å²) in [6.07, 6.45) is 1.67. The van der Waals surface area contributed by atoms with Crippen LogP contribution in [0.25, 0.3) is 0 Å². The van der Waals surface area contributed by atoms with Crippen LogP contribution in [0.15, 0.2) is 47.6 Å². The highest BCUT2D eigenvalue weighted by Gasteiger charge is 2.42. The number of thioether (sulfide) groups is 1. The molecule has 1 saturated heterocycles. The summed E-state index contributed by atoms with van der Waals surface area (Å²) >= 11 is 7.66. The lowest BCUT2D eigenvalue weighted by molar-refractivity contribution is 0.0950. The number of sulfone groups is 1. The number of pyridine rings is 1. The molecule has 10 heteroatoms. The van der Waals surface area contributed by atoms with Crippen molar-refractivity contribution in [3.05, 3.63) is 58.9 Å². The molecule has 1 amide bonds. The molecule has 1 fully saturated rings. The molecule has 28 heavy (non-hydrogen) atoms. The number of nitrogens with one attached hydrogen (secondary N) is 2. The van der Waals surface area contributed by atoms with Gasteiger partial charge < -0.3 is 10.6 Å². The number of amidine groups is 1. The highest BCUT2D eigenvalue weighted by molar-refractivity contribution is 8.15. The molecular formula is C18H17ClN4O3S2. The van der Waals surface area contributed by atoms with Crippen LogP contribution in [0.5, 0.6) is 0 Å². The Bertz CT molecular complexity index is 1040. The van der Waals surface area contributed by atoms with Gasteiger partial charge in [0.15, 0.2) is 15.0 Å². The summed E-state index contributed by atoms with van der Waals surface area (Å²) in [6.45, 7) is 0.325. The molecule has 2 atom stereocenters. The second-order valence-corrected chi connectivity index (χ2v) is 10.3. The lowest BCUT2D eigenvalue weighted by atomic mass is 10.2. The number of anilines is 1. The van der Waals surface area contributed by atoms with Crippen LogP contribution in [0.1, 0.15) is 16.1 Å². The van der Waals surface area contributed by atoms with E-state index in [1.54, 1.807) is 24.4 Å². The number of carbonyl (C=O) groups is 1. The van der Waals surface area contributed by atoms with Gasteiger partial charge in [0.25, 0.3) is 5.91 Å². The van der Waals surface area contributed by atoms with Crippen LogP contribution in [-0.4, -0.2) is 47.3 Å². The fourth-order valence-electron chi connectivity index (χ4n) is 3.07. The maximum Gasteiger partial charge on any atom is 0.251 e. The molecule has 0 bridgehead atoms. The van der Waals surface area contributed by atoms with Crippen molar-refractivity contribution in [1.29, 1.82) is 0 Å². The van der Waals surface area contributed by atoms with Gasteiger partial charge in [-0.2, -0.15) is 0 Å². The van der Waals surface area contributed by atoms with Crippen molar-refractivity contribution in [1.82, 2.24) is 10.3 Å². The largest absolute Gasteiger partial charge is 0.346 e. The predicted octanol–water partition coefficient (Wildman–Crippen LogP) is 2.35. The summed E-state index contributed by atoms with van der Waals surface area (Å²) in [6, 6.07) is 10.2. The third-order valence-electron chi connectivity index (χ3n) is 4.44. The van der Waals surface area contributed by atoms with Crippen molar-refractivity contribution in [2.75, 3.05) is 16.8 Å². The van der Waals surface area contributed by atoms with Gasteiger partial charge in [0.05, 0.1) is 40.5 Å². The third-order valence-corrected chi connectivity index (χ3v) is 7.92. The van der Waals surface area contributed by atoms with E-state index in [9.17, 15) is 13.2 Å². The molecule has 2 aliphatic rings. The summed E-state index contributed by atoms with van der Waals surface area (Å²) in [7, 11) is -3.00. The number of amides is 1. The molecule has 0 spiro atoms. The van der Waals surface area contributed by atoms with Gasteiger partial charge in [-0.1, -0.05) is 29.4 Å². The maximum absolute atomic E-state index is 12.4. The van der Waals surface area contributed by atoms with Crippen LogP contribution >= 0.6 is 23.4 Å². The van der Waals surface area contributed by atoms with E-state index in [4.69, 9.17) is 11.6 Å². The molecule has 1 aromatic carbocycles. The van der Waals surface area contributed by atoms with Crippen LogP contribution in [-0.2, 0) is 16.4 Å². The zero-order chi connectivity index (χ0) is 19.7. The van der Waals surface area contributed by atoms with E-state index in [-0.39, 0.29) is 28.7 Å². The summed E-state index contributed by atoms with van der Waals surface area (Å²) < 4.78 is 23.3. The quantitative estimate of drug-likeness (QED) is 0.763. The number of aliphatic imine (C=N–C) groups is 1. The van der Waals surface area contributed by atoms with Crippen LogP contribution in [0.3, 0.4) is 0 Å². The minimum atomic E-state index is -3.00. The highest BCUT2D eigenvalue weighted by atomic mass is 35.5. The lowest BCUT2D eigenvalue weighted by Crippen LogP contribution is -2.23. The number of fused-ring (bicyclic) bond motifs is 1. The van der Waals surface area contributed by atoms with Gasteiger partial charge in [0.2, 0.25) is 0 Å². The summed E-state index contributed by atoms with van der Waals surface area (Å²) in [5.41, 5.74) is 1.77. The molecule has 0 unspecified atom stereocenters. The molecule has 0 aliphatic carbocycles. The number of hydrogen-bond acceptors (Lipinski definition) is 7. The van der Waals surface area contributed by atoms with Crippen molar-refractivity contribution in [2.24, 2.45) is 4.99 Å². The average molecular weight is 437 g/mol. The minimum Gasteiger partial charge on any atom is -0.346 e. The van der Waals surface area contributed by atoms with E-state index in [2.05, 4.69) is 20.6 Å². The number of carbonyl (C=O) groups excluding carboxylic acids is 1. The first-order chi connectivity index (χ1) is 13.4. The van der Waals surface area contributed by atoms with Crippen LogP contribution in [0, 0.1) is 0 Å². The van der Waals surface area contributed by atoms with Crippen LogP contribution in [0.4, 0.5) is 5.69 Å². The third kappa shape index (κ3) is 4.31. The van der Waals surface area contributed by atoms with Crippen molar-refractivity contribution < 1.29 is 13.2 Å². The second-order valence-electron chi connectivity index (χ2n) is 6.56. The standard InChI is InChI=1S/C18H17ClN4O3S2/c19-13-5-4-11(17(24)21-8-12-3-1-2-6-20-12)7-14(13)22-18-23-15-9-28(25,26)10-16(15)27-18/h1-7,15-16H,8-10H2,(H,21,24)(H,22,23)/t15-,16-/m1/s1. The van der Waals surface area contributed by atoms with Crippen molar-refractivity contribution in [3.63, 3.8) is 0 Å². The Kier molecular flexibility index (Phi) is 5.31. The topological polar surface area (TPSA) is 101 Å². The van der Waals surface area contributed by atoms with E-state index in [0.717, 1.165) is 5.69 Å². The van der Waals surface area contributed by atoms with Gasteiger partial charge in [-0.15, -0.1) is 0 Å². The van der Waals surface area contributed by atoms with E-state index >= 15 is 0 Å².